The second kappa shape index (κ2) is 7.38. The number of thiazole rings is 1. The molecule has 0 fully saturated rings. The number of aromatic nitrogens is 1. The predicted octanol–water partition coefficient (Wildman–Crippen LogP) is 2.50. The molecule has 0 atom stereocenters. The van der Waals surface area contributed by atoms with Crippen LogP contribution in [0.3, 0.4) is 0 Å². The first-order valence-electron chi connectivity index (χ1n) is 7.81. The Morgan fingerprint density at radius 1 is 1.38 bits per heavy atom. The summed E-state index contributed by atoms with van der Waals surface area (Å²) in [6.07, 6.45) is 6.06. The molecule has 0 spiro atoms. The topological polar surface area (TPSA) is 60.8 Å². The van der Waals surface area contributed by atoms with E-state index in [9.17, 15) is 0 Å². The van der Waals surface area contributed by atoms with E-state index in [1.165, 1.54) is 23.1 Å². The monoisotopic (exact) mass is 336 g/mol. The lowest BCUT2D eigenvalue weighted by Gasteiger charge is -2.18. The average Bonchev–Trinajstić information content (AvgIpc) is 2.97. The van der Waals surface area contributed by atoms with E-state index >= 15 is 0 Å². The highest BCUT2D eigenvalue weighted by molar-refractivity contribution is 7.13. The van der Waals surface area contributed by atoms with Crippen molar-refractivity contribution in [2.24, 2.45) is 0 Å². The Kier molecular flexibility index (Phi) is 5.03. The first kappa shape index (κ1) is 16.4. The molecule has 4 nitrogen and oxygen atoms in total. The zero-order valence-electron chi connectivity index (χ0n) is 13.4. The van der Waals surface area contributed by atoms with Gasteiger partial charge in [0.05, 0.1) is 5.35 Å². The molecule has 1 aliphatic rings. The number of allylic oxidation sites excluding steroid dienone is 1. The maximum Gasteiger partial charge on any atom is 0.126 e. The van der Waals surface area contributed by atoms with Gasteiger partial charge in [0.1, 0.15) is 5.01 Å². The molecule has 24 heavy (non-hydrogen) atoms. The number of para-hydroxylation sites is 1. The lowest BCUT2D eigenvalue weighted by molar-refractivity contribution is 0.708. The van der Waals surface area contributed by atoms with E-state index < -0.39 is 0 Å². The van der Waals surface area contributed by atoms with Crippen LogP contribution in [0.1, 0.15) is 6.42 Å². The third kappa shape index (κ3) is 3.53. The first-order chi connectivity index (χ1) is 11.7. The van der Waals surface area contributed by atoms with Gasteiger partial charge in [0.2, 0.25) is 0 Å². The molecule has 0 bridgehead atoms. The van der Waals surface area contributed by atoms with Gasteiger partial charge in [0, 0.05) is 34.2 Å². The molecular formula is C19H20N4S. The van der Waals surface area contributed by atoms with Crippen molar-refractivity contribution in [3.63, 3.8) is 0 Å². The fourth-order valence-corrected chi connectivity index (χ4v) is 3.49. The number of benzene rings is 1. The third-order valence-electron chi connectivity index (χ3n) is 3.86. The van der Waals surface area contributed by atoms with E-state index in [4.69, 9.17) is 5.41 Å². The summed E-state index contributed by atoms with van der Waals surface area (Å²) in [4.78, 5) is 4.61. The van der Waals surface area contributed by atoms with Crippen molar-refractivity contribution in [1.82, 2.24) is 10.3 Å². The Bertz CT molecular complexity index is 908. The summed E-state index contributed by atoms with van der Waals surface area (Å²) in [6.45, 7) is 10.1. The Balaban J connectivity index is 1.94. The van der Waals surface area contributed by atoms with Crippen LogP contribution in [0, 0.1) is 5.41 Å². The maximum atomic E-state index is 7.22. The van der Waals surface area contributed by atoms with E-state index in [1.807, 2.05) is 24.3 Å². The van der Waals surface area contributed by atoms with Crippen LogP contribution >= 0.6 is 11.3 Å². The maximum absolute atomic E-state index is 7.22. The van der Waals surface area contributed by atoms with Crippen LogP contribution in [0.15, 0.2) is 48.2 Å². The zero-order chi connectivity index (χ0) is 16.9. The summed E-state index contributed by atoms with van der Waals surface area (Å²) in [5.74, 6) is 0. The van der Waals surface area contributed by atoms with E-state index in [1.54, 1.807) is 6.08 Å². The van der Waals surface area contributed by atoms with Crippen molar-refractivity contribution in [1.29, 1.82) is 5.41 Å². The molecule has 3 rings (SSSR count). The van der Waals surface area contributed by atoms with Gasteiger partial charge < -0.3 is 16.0 Å². The molecule has 0 aliphatic carbocycles. The number of hydrogen-bond donors (Lipinski definition) is 3. The Labute approximate surface area is 145 Å². The molecule has 0 saturated carbocycles. The van der Waals surface area contributed by atoms with Crippen LogP contribution in [0.4, 0.5) is 5.69 Å². The Morgan fingerprint density at radius 2 is 2.21 bits per heavy atom. The molecule has 1 aliphatic heterocycles. The van der Waals surface area contributed by atoms with Crippen LogP contribution < -0.4 is 20.5 Å². The van der Waals surface area contributed by atoms with Crippen molar-refractivity contribution in [2.75, 3.05) is 18.4 Å². The van der Waals surface area contributed by atoms with Gasteiger partial charge in [-0.05, 0) is 36.7 Å². The highest BCUT2D eigenvalue weighted by atomic mass is 32.1. The lowest BCUT2D eigenvalue weighted by Crippen LogP contribution is -2.22. The van der Waals surface area contributed by atoms with Crippen LogP contribution in [-0.2, 0) is 0 Å². The van der Waals surface area contributed by atoms with Crippen LogP contribution in [0.5, 0.6) is 0 Å². The molecule has 2 aromatic rings. The van der Waals surface area contributed by atoms with E-state index in [2.05, 4.69) is 34.9 Å². The zero-order valence-corrected chi connectivity index (χ0v) is 14.2. The number of nitrogens with zero attached hydrogens (tertiary/aromatic N) is 1. The normalized spacial score (nSPS) is 15.0. The molecule has 1 aromatic carbocycles. The minimum Gasteiger partial charge on any atom is -0.355 e. The third-order valence-corrected chi connectivity index (χ3v) is 4.82. The minimum absolute atomic E-state index is 0.750. The van der Waals surface area contributed by atoms with Crippen molar-refractivity contribution in [2.45, 2.75) is 6.42 Å². The molecule has 3 N–H and O–H groups in total. The number of rotatable bonds is 5. The van der Waals surface area contributed by atoms with E-state index in [0.717, 1.165) is 51.3 Å². The van der Waals surface area contributed by atoms with Crippen molar-refractivity contribution < 1.29 is 0 Å². The molecule has 1 aromatic heterocycles. The fourth-order valence-electron chi connectivity index (χ4n) is 2.61. The summed E-state index contributed by atoms with van der Waals surface area (Å²) < 4.78 is 0.864. The predicted molar refractivity (Wildman–Crippen MR) is 104 cm³/mol. The van der Waals surface area contributed by atoms with Gasteiger partial charge in [0.15, 0.2) is 0 Å². The average molecular weight is 336 g/mol. The largest absolute Gasteiger partial charge is 0.355 e. The number of anilines is 1. The summed E-state index contributed by atoms with van der Waals surface area (Å²) in [5, 5.41) is 15.6. The molecule has 122 valence electrons. The molecule has 5 heteroatoms. The van der Waals surface area contributed by atoms with Gasteiger partial charge in [-0.1, -0.05) is 31.4 Å². The molecule has 0 amide bonds. The summed E-state index contributed by atoms with van der Waals surface area (Å²) in [7, 11) is 0. The SMILES string of the molecule is C=C(Nc1ccccc1-c1n/c(=C/C=N)c(=C)s1)C1=CCNCC1. The summed E-state index contributed by atoms with van der Waals surface area (Å²) >= 11 is 1.53. The van der Waals surface area contributed by atoms with Crippen LogP contribution in [-0.4, -0.2) is 24.3 Å². The molecule has 0 radical (unpaired) electrons. The summed E-state index contributed by atoms with van der Waals surface area (Å²) in [5.41, 5.74) is 4.18. The van der Waals surface area contributed by atoms with E-state index in [0.29, 0.717) is 0 Å². The van der Waals surface area contributed by atoms with E-state index in [-0.39, 0.29) is 0 Å². The Hall–Kier alpha value is -2.50. The van der Waals surface area contributed by atoms with Crippen molar-refractivity contribution >= 4 is 35.9 Å². The molecule has 2 heterocycles. The Morgan fingerprint density at radius 3 is 2.96 bits per heavy atom. The lowest BCUT2D eigenvalue weighted by atomic mass is 10.1. The minimum atomic E-state index is 0.750. The van der Waals surface area contributed by atoms with Crippen molar-refractivity contribution in [3.05, 3.63) is 58.1 Å². The molecule has 0 unspecified atom stereocenters. The standard InChI is InChI=1S/C19H20N4S/c1-13(15-8-11-21-12-9-15)22-18-6-4-3-5-16(18)19-23-17(7-10-20)14(2)24-19/h3-8,10,20-22H,1-2,9,11-12H2/b17-7+,20-10?. The smallest absolute Gasteiger partial charge is 0.126 e. The fraction of sp³-hybridized carbons (Fsp3) is 0.158. The van der Waals surface area contributed by atoms with Crippen molar-refractivity contribution in [3.8, 4) is 10.6 Å². The first-order valence-corrected chi connectivity index (χ1v) is 8.62. The van der Waals surface area contributed by atoms with Gasteiger partial charge in [0.25, 0.3) is 0 Å². The second-order valence-electron chi connectivity index (χ2n) is 5.49. The quantitative estimate of drug-likeness (QED) is 0.735. The van der Waals surface area contributed by atoms with Gasteiger partial charge in [-0.2, -0.15) is 0 Å². The van der Waals surface area contributed by atoms with Gasteiger partial charge in [-0.3, -0.25) is 0 Å². The number of hydrogen-bond acceptors (Lipinski definition) is 5. The summed E-state index contributed by atoms with van der Waals surface area (Å²) in [6, 6.07) is 8.07. The highest BCUT2D eigenvalue weighted by Gasteiger charge is 2.11. The number of nitrogens with one attached hydrogen (secondary N) is 3. The van der Waals surface area contributed by atoms with Crippen LogP contribution in [0.25, 0.3) is 23.2 Å². The second-order valence-corrected chi connectivity index (χ2v) is 6.58. The van der Waals surface area contributed by atoms with Gasteiger partial charge in [-0.15, -0.1) is 11.3 Å². The van der Waals surface area contributed by atoms with Crippen LogP contribution in [0.2, 0.25) is 0 Å². The molecular weight excluding hydrogens is 316 g/mol. The molecule has 0 saturated heterocycles. The van der Waals surface area contributed by atoms with Gasteiger partial charge in [-0.25, -0.2) is 4.98 Å². The van der Waals surface area contributed by atoms with Gasteiger partial charge >= 0.3 is 0 Å². The highest BCUT2D eigenvalue weighted by Crippen LogP contribution is 2.29.